The Morgan fingerprint density at radius 2 is 1.77 bits per heavy atom. The lowest BCUT2D eigenvalue weighted by Crippen LogP contribution is -2.40. The van der Waals surface area contributed by atoms with Gasteiger partial charge in [-0.2, -0.15) is 4.98 Å². The van der Waals surface area contributed by atoms with Gasteiger partial charge in [0.05, 0.1) is 0 Å². The summed E-state index contributed by atoms with van der Waals surface area (Å²) in [6.45, 7) is 6.58. The van der Waals surface area contributed by atoms with Crippen molar-refractivity contribution in [1.29, 1.82) is 0 Å². The molecule has 1 saturated carbocycles. The van der Waals surface area contributed by atoms with Crippen molar-refractivity contribution in [3.63, 3.8) is 0 Å². The first-order valence-electron chi connectivity index (χ1n) is 9.86. The third-order valence-corrected chi connectivity index (χ3v) is 5.70. The molecule has 26 heavy (non-hydrogen) atoms. The summed E-state index contributed by atoms with van der Waals surface area (Å²) in [7, 11) is 0. The van der Waals surface area contributed by atoms with Gasteiger partial charge in [0.1, 0.15) is 11.0 Å². The maximum Gasteiger partial charge on any atom is 0.232 e. The average Bonchev–Trinajstić information content (AvgIpc) is 2.82. The number of hydrogen-bond acceptors (Lipinski definition) is 4. The van der Waals surface area contributed by atoms with Gasteiger partial charge in [-0.25, -0.2) is 4.98 Å². The summed E-state index contributed by atoms with van der Waals surface area (Å²) >= 11 is 11.7. The van der Waals surface area contributed by atoms with E-state index in [9.17, 15) is 0 Å². The van der Waals surface area contributed by atoms with Crippen LogP contribution in [-0.2, 0) is 0 Å². The predicted octanol–water partition coefficient (Wildman–Crippen LogP) is 4.62. The molecule has 0 unspecified atom stereocenters. The van der Waals surface area contributed by atoms with Crippen LogP contribution in [-0.4, -0.2) is 34.2 Å². The van der Waals surface area contributed by atoms with E-state index in [1.807, 2.05) is 6.07 Å². The first-order valence-corrected chi connectivity index (χ1v) is 10.7. The Balaban J connectivity index is 1.64. The average molecular weight is 396 g/mol. The summed E-state index contributed by atoms with van der Waals surface area (Å²) in [4.78, 5) is 11.3. The van der Waals surface area contributed by atoms with Crippen LogP contribution in [0.1, 0.15) is 58.8 Å². The molecule has 144 valence electrons. The largest absolute Gasteiger partial charge is 0.360 e. The van der Waals surface area contributed by atoms with Gasteiger partial charge in [-0.1, -0.05) is 51.1 Å². The highest BCUT2D eigenvalue weighted by Gasteiger charge is 2.23. The molecule has 0 spiro atoms. The van der Waals surface area contributed by atoms with E-state index in [0.717, 1.165) is 18.9 Å². The number of nitrogens with zero attached hydrogens (tertiary/aromatic N) is 3. The minimum absolute atomic E-state index is 0.444. The van der Waals surface area contributed by atoms with E-state index in [4.69, 9.17) is 23.8 Å². The van der Waals surface area contributed by atoms with Gasteiger partial charge in [-0.3, -0.25) is 0 Å². The van der Waals surface area contributed by atoms with E-state index >= 15 is 0 Å². The number of piperidine rings is 1. The summed E-state index contributed by atoms with van der Waals surface area (Å²) in [5.74, 6) is 2.66. The smallest absolute Gasteiger partial charge is 0.232 e. The van der Waals surface area contributed by atoms with E-state index < -0.39 is 0 Å². The van der Waals surface area contributed by atoms with E-state index in [0.29, 0.717) is 34.1 Å². The molecule has 2 fully saturated rings. The van der Waals surface area contributed by atoms with Crippen molar-refractivity contribution >= 4 is 40.7 Å². The van der Waals surface area contributed by atoms with Gasteiger partial charge in [0.25, 0.3) is 0 Å². The Hall–Kier alpha value is -1.14. The van der Waals surface area contributed by atoms with Crippen molar-refractivity contribution in [3.8, 4) is 0 Å². The third-order valence-electron chi connectivity index (χ3n) is 5.29. The fraction of sp³-hybridized carbons (Fsp3) is 0.737. The summed E-state index contributed by atoms with van der Waals surface area (Å²) in [5, 5.41) is 7.60. The minimum atomic E-state index is 0.444. The van der Waals surface area contributed by atoms with E-state index in [2.05, 4.69) is 39.3 Å². The Labute approximate surface area is 167 Å². The zero-order valence-electron chi connectivity index (χ0n) is 15.8. The normalized spacial score (nSPS) is 24.8. The predicted molar refractivity (Wildman–Crippen MR) is 113 cm³/mol. The minimum Gasteiger partial charge on any atom is -0.360 e. The Morgan fingerprint density at radius 3 is 2.42 bits per heavy atom. The molecule has 1 aromatic heterocycles. The lowest BCUT2D eigenvalue weighted by atomic mass is 9.92. The molecule has 1 aromatic rings. The number of thiocarbonyl (C=S) groups is 1. The Bertz CT molecular complexity index is 608. The quantitative estimate of drug-likeness (QED) is 0.442. The van der Waals surface area contributed by atoms with Crippen LogP contribution in [0.4, 0.5) is 11.8 Å². The summed E-state index contributed by atoms with van der Waals surface area (Å²) in [5.41, 5.74) is 0. The molecule has 2 N–H and O–H groups in total. The SMILES string of the molecule is C[C@@H]1C[C@H](C)CN(c2cc(Cl)nc(NC(=S)NC3CCCCCC3)n2)C1. The standard InChI is InChI=1S/C19H30ClN5S/c1-13-9-14(2)12-25(11-13)17-10-16(20)22-18(23-17)24-19(26)21-15-7-5-3-4-6-8-15/h10,13-15H,3-9,11-12H2,1-2H3,(H2,21,22,23,24,26)/t13-,14+. The molecule has 1 aliphatic carbocycles. The van der Waals surface area contributed by atoms with Crippen LogP contribution in [0.2, 0.25) is 5.15 Å². The van der Waals surface area contributed by atoms with Crippen LogP contribution in [0, 0.1) is 11.8 Å². The van der Waals surface area contributed by atoms with Gasteiger partial charge >= 0.3 is 0 Å². The van der Waals surface area contributed by atoms with Gasteiger partial charge in [0, 0.05) is 25.2 Å². The molecule has 1 aliphatic heterocycles. The monoisotopic (exact) mass is 395 g/mol. The number of rotatable bonds is 3. The molecule has 3 rings (SSSR count). The maximum atomic E-state index is 6.26. The van der Waals surface area contributed by atoms with Crippen LogP contribution in [0.3, 0.4) is 0 Å². The van der Waals surface area contributed by atoms with Crippen molar-refractivity contribution in [2.45, 2.75) is 64.8 Å². The lowest BCUT2D eigenvalue weighted by molar-refractivity contribution is 0.355. The zero-order chi connectivity index (χ0) is 18.5. The van der Waals surface area contributed by atoms with E-state index in [1.54, 1.807) is 0 Å². The first kappa shape index (κ1) is 19.6. The van der Waals surface area contributed by atoms with Crippen molar-refractivity contribution in [2.75, 3.05) is 23.3 Å². The molecule has 1 saturated heterocycles. The highest BCUT2D eigenvalue weighted by Crippen LogP contribution is 2.27. The lowest BCUT2D eigenvalue weighted by Gasteiger charge is -2.35. The molecule has 2 aliphatic rings. The highest BCUT2D eigenvalue weighted by atomic mass is 35.5. The maximum absolute atomic E-state index is 6.26. The zero-order valence-corrected chi connectivity index (χ0v) is 17.4. The second kappa shape index (κ2) is 9.18. The fourth-order valence-corrected chi connectivity index (χ4v) is 4.66. The molecular formula is C19H30ClN5S. The highest BCUT2D eigenvalue weighted by molar-refractivity contribution is 7.80. The molecule has 0 amide bonds. The Kier molecular flexibility index (Phi) is 6.92. The van der Waals surface area contributed by atoms with Crippen LogP contribution in [0.15, 0.2) is 6.07 Å². The van der Waals surface area contributed by atoms with Crippen molar-refractivity contribution < 1.29 is 0 Å². The van der Waals surface area contributed by atoms with Crippen molar-refractivity contribution in [3.05, 3.63) is 11.2 Å². The number of aromatic nitrogens is 2. The summed E-state index contributed by atoms with van der Waals surface area (Å²) in [6.07, 6.45) is 8.79. The van der Waals surface area contributed by atoms with Gasteiger partial charge in [0.15, 0.2) is 5.11 Å². The number of hydrogen-bond donors (Lipinski definition) is 2. The van der Waals surface area contributed by atoms with Gasteiger partial charge in [0.2, 0.25) is 5.95 Å². The molecule has 0 aromatic carbocycles. The second-order valence-electron chi connectivity index (χ2n) is 8.01. The first-order chi connectivity index (χ1) is 12.5. The van der Waals surface area contributed by atoms with Gasteiger partial charge in [-0.15, -0.1) is 0 Å². The third kappa shape index (κ3) is 5.68. The number of anilines is 2. The van der Waals surface area contributed by atoms with E-state index in [1.165, 1.54) is 44.9 Å². The molecular weight excluding hydrogens is 366 g/mol. The topological polar surface area (TPSA) is 53.1 Å². The van der Waals surface area contributed by atoms with Crippen molar-refractivity contribution in [1.82, 2.24) is 15.3 Å². The van der Waals surface area contributed by atoms with Gasteiger partial charge < -0.3 is 15.5 Å². The van der Waals surface area contributed by atoms with Crippen LogP contribution >= 0.6 is 23.8 Å². The molecule has 5 nitrogen and oxygen atoms in total. The van der Waals surface area contributed by atoms with Crippen molar-refractivity contribution in [2.24, 2.45) is 11.8 Å². The van der Waals surface area contributed by atoms with Crippen LogP contribution in [0.25, 0.3) is 0 Å². The molecule has 0 radical (unpaired) electrons. The van der Waals surface area contributed by atoms with Crippen LogP contribution in [0.5, 0.6) is 0 Å². The molecule has 2 atom stereocenters. The molecule has 7 heteroatoms. The molecule has 0 bridgehead atoms. The van der Waals surface area contributed by atoms with Gasteiger partial charge in [-0.05, 0) is 43.3 Å². The van der Waals surface area contributed by atoms with Crippen LogP contribution < -0.4 is 15.5 Å². The summed E-state index contributed by atoms with van der Waals surface area (Å²) < 4.78 is 0. The molecule has 2 heterocycles. The second-order valence-corrected chi connectivity index (χ2v) is 8.81. The fourth-order valence-electron chi connectivity index (χ4n) is 4.22. The Morgan fingerprint density at radius 1 is 1.12 bits per heavy atom. The number of halogens is 1. The summed E-state index contributed by atoms with van der Waals surface area (Å²) in [6, 6.07) is 2.29. The number of nitrogens with one attached hydrogen (secondary N) is 2. The van der Waals surface area contributed by atoms with E-state index in [-0.39, 0.29) is 0 Å².